The maximum atomic E-state index is 5.94. The molecular weight excluding hydrogens is 310 g/mol. The number of rotatable bonds is 11. The van der Waals surface area contributed by atoms with Crippen molar-refractivity contribution in [3.63, 3.8) is 0 Å². The summed E-state index contributed by atoms with van der Waals surface area (Å²) >= 11 is 0. The van der Waals surface area contributed by atoms with Gasteiger partial charge in [0.15, 0.2) is 0 Å². The molecule has 0 heterocycles. The summed E-state index contributed by atoms with van der Waals surface area (Å²) in [6, 6.07) is 16.4. The minimum Gasteiger partial charge on any atom is -0.493 e. The summed E-state index contributed by atoms with van der Waals surface area (Å²) in [7, 11) is 0. The molecule has 0 aliphatic rings. The zero-order valence-electron chi connectivity index (χ0n) is 15.8. The fourth-order valence-electron chi connectivity index (χ4n) is 2.49. The smallest absolute Gasteiger partial charge is 0.124 e. The van der Waals surface area contributed by atoms with Crippen LogP contribution in [0.1, 0.15) is 52.0 Å². The van der Waals surface area contributed by atoms with E-state index in [0.717, 1.165) is 43.2 Å². The van der Waals surface area contributed by atoms with E-state index in [4.69, 9.17) is 9.47 Å². The van der Waals surface area contributed by atoms with Gasteiger partial charge in [-0.05, 0) is 50.1 Å². The van der Waals surface area contributed by atoms with Gasteiger partial charge in [-0.25, -0.2) is 0 Å². The Hall–Kier alpha value is -2.16. The molecule has 1 unspecified atom stereocenters. The van der Waals surface area contributed by atoms with E-state index < -0.39 is 0 Å². The molecular formula is C22H31NO2. The summed E-state index contributed by atoms with van der Waals surface area (Å²) in [4.78, 5) is 0. The molecule has 0 aliphatic carbocycles. The molecule has 136 valence electrons. The molecule has 2 aromatic carbocycles. The van der Waals surface area contributed by atoms with Gasteiger partial charge < -0.3 is 14.8 Å². The number of unbranched alkanes of at least 4 members (excludes halogenated alkanes) is 2. The molecule has 0 bridgehead atoms. The van der Waals surface area contributed by atoms with Crippen molar-refractivity contribution in [2.24, 2.45) is 0 Å². The van der Waals surface area contributed by atoms with Crippen LogP contribution in [0.4, 0.5) is 5.69 Å². The van der Waals surface area contributed by atoms with Crippen LogP contribution in [0.3, 0.4) is 0 Å². The van der Waals surface area contributed by atoms with Crippen LogP contribution in [0.25, 0.3) is 0 Å². The minimum absolute atomic E-state index is 0.246. The Kier molecular flexibility index (Phi) is 8.17. The molecule has 0 aliphatic heterocycles. The first kappa shape index (κ1) is 19.2. The van der Waals surface area contributed by atoms with Gasteiger partial charge >= 0.3 is 0 Å². The molecule has 2 aromatic rings. The number of benzene rings is 2. The summed E-state index contributed by atoms with van der Waals surface area (Å²) in [6.45, 7) is 7.95. The highest BCUT2D eigenvalue weighted by atomic mass is 16.5. The quantitative estimate of drug-likeness (QED) is 0.505. The lowest BCUT2D eigenvalue weighted by atomic mass is 10.2. The van der Waals surface area contributed by atoms with Crippen molar-refractivity contribution in [2.75, 3.05) is 11.9 Å². The Bertz CT molecular complexity index is 610. The molecule has 0 saturated carbocycles. The van der Waals surface area contributed by atoms with Crippen LogP contribution >= 0.6 is 0 Å². The van der Waals surface area contributed by atoms with Crippen molar-refractivity contribution in [3.8, 4) is 11.5 Å². The third kappa shape index (κ3) is 6.69. The van der Waals surface area contributed by atoms with Crippen molar-refractivity contribution in [2.45, 2.75) is 59.1 Å². The molecule has 2 rings (SSSR count). The van der Waals surface area contributed by atoms with E-state index in [1.54, 1.807) is 0 Å². The number of nitrogens with one attached hydrogen (secondary N) is 1. The molecule has 0 spiro atoms. The van der Waals surface area contributed by atoms with Crippen LogP contribution in [0.2, 0.25) is 0 Å². The van der Waals surface area contributed by atoms with Gasteiger partial charge in [-0.15, -0.1) is 0 Å². The SMILES string of the molecule is CCCCCOc1ccccc1CNc1ccc(OC(C)CC)cc1. The minimum atomic E-state index is 0.246. The Morgan fingerprint density at radius 3 is 2.44 bits per heavy atom. The summed E-state index contributed by atoms with van der Waals surface area (Å²) in [6.07, 6.45) is 4.79. The van der Waals surface area contributed by atoms with E-state index in [2.05, 4.69) is 50.4 Å². The highest BCUT2D eigenvalue weighted by molar-refractivity contribution is 5.48. The Balaban J connectivity index is 1.88. The number of ether oxygens (including phenoxy) is 2. The third-order valence-electron chi connectivity index (χ3n) is 4.23. The van der Waals surface area contributed by atoms with Crippen LogP contribution < -0.4 is 14.8 Å². The number of anilines is 1. The molecule has 0 aromatic heterocycles. The molecule has 1 atom stereocenters. The zero-order valence-corrected chi connectivity index (χ0v) is 15.8. The van der Waals surface area contributed by atoms with Crippen molar-refractivity contribution < 1.29 is 9.47 Å². The fraction of sp³-hybridized carbons (Fsp3) is 0.455. The second kappa shape index (κ2) is 10.7. The Labute approximate surface area is 152 Å². The molecule has 3 nitrogen and oxygen atoms in total. The summed E-state index contributed by atoms with van der Waals surface area (Å²) in [5, 5.41) is 3.46. The lowest BCUT2D eigenvalue weighted by Crippen LogP contribution is -2.09. The van der Waals surface area contributed by atoms with Crippen molar-refractivity contribution >= 4 is 5.69 Å². The van der Waals surface area contributed by atoms with Crippen LogP contribution in [0.5, 0.6) is 11.5 Å². The van der Waals surface area contributed by atoms with Crippen molar-refractivity contribution in [1.29, 1.82) is 0 Å². The van der Waals surface area contributed by atoms with E-state index in [1.165, 1.54) is 18.4 Å². The first-order valence-electron chi connectivity index (χ1n) is 9.44. The monoisotopic (exact) mass is 341 g/mol. The van der Waals surface area contributed by atoms with Gasteiger partial charge in [-0.1, -0.05) is 44.9 Å². The van der Waals surface area contributed by atoms with Crippen molar-refractivity contribution in [1.82, 2.24) is 0 Å². The van der Waals surface area contributed by atoms with Crippen LogP contribution in [0.15, 0.2) is 48.5 Å². The van der Waals surface area contributed by atoms with Crippen LogP contribution in [-0.4, -0.2) is 12.7 Å². The van der Waals surface area contributed by atoms with E-state index >= 15 is 0 Å². The zero-order chi connectivity index (χ0) is 17.9. The second-order valence-electron chi connectivity index (χ2n) is 6.38. The first-order valence-corrected chi connectivity index (χ1v) is 9.44. The molecule has 0 saturated heterocycles. The fourth-order valence-corrected chi connectivity index (χ4v) is 2.49. The van der Waals surface area contributed by atoms with Gasteiger partial charge in [-0.2, -0.15) is 0 Å². The summed E-state index contributed by atoms with van der Waals surface area (Å²) in [5.41, 5.74) is 2.26. The topological polar surface area (TPSA) is 30.5 Å². The van der Waals surface area contributed by atoms with Crippen molar-refractivity contribution in [3.05, 3.63) is 54.1 Å². The standard InChI is InChI=1S/C22H31NO2/c1-4-6-9-16-24-22-11-8-7-10-19(22)17-23-20-12-14-21(15-13-20)25-18(3)5-2/h7-8,10-15,18,23H,4-6,9,16-17H2,1-3H3. The maximum absolute atomic E-state index is 5.94. The largest absolute Gasteiger partial charge is 0.493 e. The number of para-hydroxylation sites is 1. The molecule has 0 radical (unpaired) electrons. The van der Waals surface area contributed by atoms with Crippen LogP contribution in [0, 0.1) is 0 Å². The third-order valence-corrected chi connectivity index (χ3v) is 4.23. The molecule has 3 heteroatoms. The predicted molar refractivity (Wildman–Crippen MR) is 106 cm³/mol. The predicted octanol–water partition coefficient (Wildman–Crippen LogP) is 6.05. The maximum Gasteiger partial charge on any atom is 0.124 e. The van der Waals surface area contributed by atoms with E-state index in [0.29, 0.717) is 0 Å². The van der Waals surface area contributed by atoms with E-state index in [-0.39, 0.29) is 6.10 Å². The molecule has 0 fully saturated rings. The van der Waals surface area contributed by atoms with Gasteiger partial charge in [0, 0.05) is 17.8 Å². The summed E-state index contributed by atoms with van der Waals surface area (Å²) < 4.78 is 11.8. The number of hydrogen-bond donors (Lipinski definition) is 1. The van der Waals surface area contributed by atoms with Gasteiger partial charge in [0.1, 0.15) is 11.5 Å². The second-order valence-corrected chi connectivity index (χ2v) is 6.38. The highest BCUT2D eigenvalue weighted by Gasteiger charge is 2.04. The Morgan fingerprint density at radius 1 is 0.960 bits per heavy atom. The van der Waals surface area contributed by atoms with E-state index in [1.807, 2.05) is 24.3 Å². The highest BCUT2D eigenvalue weighted by Crippen LogP contribution is 2.22. The molecule has 1 N–H and O–H groups in total. The van der Waals surface area contributed by atoms with Gasteiger partial charge in [-0.3, -0.25) is 0 Å². The average molecular weight is 341 g/mol. The van der Waals surface area contributed by atoms with Gasteiger partial charge in [0.2, 0.25) is 0 Å². The Morgan fingerprint density at radius 2 is 1.72 bits per heavy atom. The average Bonchev–Trinajstić information content (AvgIpc) is 2.65. The van der Waals surface area contributed by atoms with E-state index in [9.17, 15) is 0 Å². The van der Waals surface area contributed by atoms with Crippen LogP contribution in [-0.2, 0) is 6.54 Å². The van der Waals surface area contributed by atoms with Gasteiger partial charge in [0.05, 0.1) is 12.7 Å². The molecule has 25 heavy (non-hydrogen) atoms. The summed E-state index contributed by atoms with van der Waals surface area (Å²) in [5.74, 6) is 1.89. The lowest BCUT2D eigenvalue weighted by Gasteiger charge is -2.14. The number of hydrogen-bond acceptors (Lipinski definition) is 3. The first-order chi connectivity index (χ1) is 12.2. The lowest BCUT2D eigenvalue weighted by molar-refractivity contribution is 0.217. The van der Waals surface area contributed by atoms with Gasteiger partial charge in [0.25, 0.3) is 0 Å². The molecule has 0 amide bonds. The normalized spacial score (nSPS) is 11.8.